The average molecular weight is 375 g/mol. The van der Waals surface area contributed by atoms with Crippen molar-refractivity contribution < 1.29 is 23.9 Å². The van der Waals surface area contributed by atoms with Crippen LogP contribution in [0.15, 0.2) is 18.3 Å². The molecule has 144 valence electrons. The van der Waals surface area contributed by atoms with E-state index in [2.05, 4.69) is 10.3 Å². The Morgan fingerprint density at radius 1 is 1.11 bits per heavy atom. The van der Waals surface area contributed by atoms with Gasteiger partial charge in [-0.25, -0.2) is 9.78 Å². The zero-order chi connectivity index (χ0) is 19.4. The van der Waals surface area contributed by atoms with Crippen molar-refractivity contribution in [3.63, 3.8) is 0 Å². The van der Waals surface area contributed by atoms with E-state index in [0.29, 0.717) is 37.7 Å². The highest BCUT2D eigenvalue weighted by atomic mass is 16.5. The molecule has 0 radical (unpaired) electrons. The molecule has 0 bridgehead atoms. The van der Waals surface area contributed by atoms with Crippen LogP contribution in [0.25, 0.3) is 0 Å². The average Bonchev–Trinajstić information content (AvgIpc) is 3.00. The van der Waals surface area contributed by atoms with Crippen LogP contribution in [0.2, 0.25) is 0 Å². The van der Waals surface area contributed by atoms with Crippen LogP contribution in [0.1, 0.15) is 12.8 Å². The molecule has 1 aromatic heterocycles. The summed E-state index contributed by atoms with van der Waals surface area (Å²) < 4.78 is 5.11. The molecule has 0 atom stereocenters. The summed E-state index contributed by atoms with van der Waals surface area (Å²) in [7, 11) is 1.47. The molecule has 2 aliphatic heterocycles. The van der Waals surface area contributed by atoms with E-state index in [1.165, 1.54) is 7.11 Å². The lowest BCUT2D eigenvalue weighted by Crippen LogP contribution is -2.53. The van der Waals surface area contributed by atoms with Gasteiger partial charge in [-0.15, -0.1) is 0 Å². The minimum Gasteiger partial charge on any atom is -0.480 e. The molecule has 0 aliphatic carbocycles. The SMILES string of the molecule is COc1ncccc1NC(=O)N1CCN(C(=O)CN2C(=O)CCC2=O)CC1. The molecule has 5 amide bonds. The monoisotopic (exact) mass is 375 g/mol. The third-order valence-corrected chi connectivity index (χ3v) is 4.57. The molecule has 1 N–H and O–H groups in total. The van der Waals surface area contributed by atoms with Crippen LogP contribution in [0.5, 0.6) is 5.88 Å². The topological polar surface area (TPSA) is 112 Å². The van der Waals surface area contributed by atoms with Gasteiger partial charge in [-0.2, -0.15) is 0 Å². The second-order valence-corrected chi connectivity index (χ2v) is 6.23. The number of methoxy groups -OCH3 is 1. The number of anilines is 1. The lowest BCUT2D eigenvalue weighted by atomic mass is 10.3. The second-order valence-electron chi connectivity index (χ2n) is 6.23. The Morgan fingerprint density at radius 2 is 1.74 bits per heavy atom. The van der Waals surface area contributed by atoms with Crippen LogP contribution >= 0.6 is 0 Å². The van der Waals surface area contributed by atoms with Gasteiger partial charge < -0.3 is 19.9 Å². The molecule has 10 heteroatoms. The third kappa shape index (κ3) is 4.15. The van der Waals surface area contributed by atoms with Gasteiger partial charge in [0.15, 0.2) is 0 Å². The fourth-order valence-corrected chi connectivity index (χ4v) is 3.04. The molecule has 0 aromatic carbocycles. The number of urea groups is 1. The molecule has 10 nitrogen and oxygen atoms in total. The van der Waals surface area contributed by atoms with Crippen molar-refractivity contribution >= 4 is 29.4 Å². The molecule has 2 saturated heterocycles. The molecule has 2 fully saturated rings. The van der Waals surface area contributed by atoms with Crippen molar-refractivity contribution in [1.29, 1.82) is 0 Å². The molecule has 0 saturated carbocycles. The summed E-state index contributed by atoms with van der Waals surface area (Å²) in [4.78, 5) is 56.2. The number of imide groups is 1. The number of carbonyl (C=O) groups excluding carboxylic acids is 4. The highest BCUT2D eigenvalue weighted by molar-refractivity contribution is 6.04. The molecule has 0 spiro atoms. The number of carbonyl (C=O) groups is 4. The number of nitrogens with one attached hydrogen (secondary N) is 1. The Labute approximate surface area is 156 Å². The zero-order valence-electron chi connectivity index (χ0n) is 15.0. The van der Waals surface area contributed by atoms with E-state index in [-0.39, 0.29) is 43.1 Å². The number of pyridine rings is 1. The third-order valence-electron chi connectivity index (χ3n) is 4.57. The molecule has 27 heavy (non-hydrogen) atoms. The molecule has 1 aromatic rings. The number of aromatic nitrogens is 1. The van der Waals surface area contributed by atoms with Crippen molar-refractivity contribution in [2.24, 2.45) is 0 Å². The minimum atomic E-state index is -0.309. The Morgan fingerprint density at radius 3 is 2.37 bits per heavy atom. The number of rotatable bonds is 4. The van der Waals surface area contributed by atoms with Gasteiger partial charge in [0.1, 0.15) is 12.2 Å². The van der Waals surface area contributed by atoms with Crippen LogP contribution in [0.3, 0.4) is 0 Å². The van der Waals surface area contributed by atoms with E-state index in [1.54, 1.807) is 28.1 Å². The standard InChI is InChI=1S/C17H21N5O5/c1-27-16-12(3-2-6-18-16)19-17(26)21-9-7-20(8-10-21)15(25)11-22-13(23)4-5-14(22)24/h2-3,6H,4-5,7-11H2,1H3,(H,19,26). The van der Waals surface area contributed by atoms with Crippen molar-refractivity contribution in [3.05, 3.63) is 18.3 Å². The van der Waals surface area contributed by atoms with Gasteiger partial charge in [0.25, 0.3) is 0 Å². The predicted molar refractivity (Wildman–Crippen MR) is 93.9 cm³/mol. The molecular formula is C17H21N5O5. The van der Waals surface area contributed by atoms with E-state index in [4.69, 9.17) is 4.74 Å². The largest absolute Gasteiger partial charge is 0.480 e. The molecule has 3 heterocycles. The van der Waals surface area contributed by atoms with Crippen LogP contribution in [-0.4, -0.2) is 83.3 Å². The van der Waals surface area contributed by atoms with Crippen LogP contribution in [-0.2, 0) is 14.4 Å². The lowest BCUT2D eigenvalue weighted by Gasteiger charge is -2.35. The summed E-state index contributed by atoms with van der Waals surface area (Å²) in [5.41, 5.74) is 0.467. The van der Waals surface area contributed by atoms with E-state index in [1.807, 2.05) is 0 Å². The number of hydrogen-bond acceptors (Lipinski definition) is 6. The fourth-order valence-electron chi connectivity index (χ4n) is 3.04. The van der Waals surface area contributed by atoms with Crippen molar-refractivity contribution in [3.8, 4) is 5.88 Å². The zero-order valence-corrected chi connectivity index (χ0v) is 15.0. The quantitative estimate of drug-likeness (QED) is 0.737. The summed E-state index contributed by atoms with van der Waals surface area (Å²) in [6.45, 7) is 1.15. The van der Waals surface area contributed by atoms with Crippen LogP contribution in [0.4, 0.5) is 10.5 Å². The van der Waals surface area contributed by atoms with Gasteiger partial charge in [-0.3, -0.25) is 19.3 Å². The highest BCUT2D eigenvalue weighted by Crippen LogP contribution is 2.20. The Hall–Kier alpha value is -3.17. The maximum atomic E-state index is 12.4. The molecule has 2 aliphatic rings. The van der Waals surface area contributed by atoms with Gasteiger partial charge in [-0.05, 0) is 12.1 Å². The number of nitrogens with zero attached hydrogens (tertiary/aromatic N) is 4. The van der Waals surface area contributed by atoms with E-state index >= 15 is 0 Å². The number of amides is 5. The second kappa shape index (κ2) is 8.02. The first-order valence-electron chi connectivity index (χ1n) is 8.65. The van der Waals surface area contributed by atoms with Crippen molar-refractivity contribution in [1.82, 2.24) is 19.7 Å². The van der Waals surface area contributed by atoms with Crippen molar-refractivity contribution in [2.45, 2.75) is 12.8 Å². The number of likely N-dealkylation sites (tertiary alicyclic amines) is 1. The van der Waals surface area contributed by atoms with E-state index in [0.717, 1.165) is 4.90 Å². The van der Waals surface area contributed by atoms with Gasteiger partial charge in [0.2, 0.25) is 23.6 Å². The Balaban J connectivity index is 1.51. The number of ether oxygens (including phenoxy) is 1. The summed E-state index contributed by atoms with van der Waals surface area (Å²) in [6.07, 6.45) is 1.89. The first-order valence-corrected chi connectivity index (χ1v) is 8.65. The van der Waals surface area contributed by atoms with Crippen LogP contribution in [0, 0.1) is 0 Å². The predicted octanol–water partition coefficient (Wildman–Crippen LogP) is -0.0847. The van der Waals surface area contributed by atoms with Gasteiger partial charge in [-0.1, -0.05) is 0 Å². The normalized spacial score (nSPS) is 17.3. The Kier molecular flexibility index (Phi) is 5.53. The lowest BCUT2D eigenvalue weighted by molar-refractivity contribution is -0.146. The summed E-state index contributed by atoms with van der Waals surface area (Å²) in [5, 5.41) is 2.74. The Bertz CT molecular complexity index is 744. The van der Waals surface area contributed by atoms with Crippen LogP contribution < -0.4 is 10.1 Å². The smallest absolute Gasteiger partial charge is 0.322 e. The number of hydrogen-bond donors (Lipinski definition) is 1. The molecule has 3 rings (SSSR count). The van der Waals surface area contributed by atoms with Gasteiger partial charge in [0, 0.05) is 45.2 Å². The minimum absolute atomic E-state index is 0.165. The van der Waals surface area contributed by atoms with Gasteiger partial charge in [0.05, 0.1) is 7.11 Å². The molecule has 0 unspecified atom stereocenters. The fraction of sp³-hybridized carbons (Fsp3) is 0.471. The summed E-state index contributed by atoms with van der Waals surface area (Å²) in [6, 6.07) is 3.07. The summed E-state index contributed by atoms with van der Waals surface area (Å²) >= 11 is 0. The maximum absolute atomic E-state index is 12.4. The van der Waals surface area contributed by atoms with E-state index in [9.17, 15) is 19.2 Å². The van der Waals surface area contributed by atoms with E-state index < -0.39 is 0 Å². The number of piperazine rings is 1. The maximum Gasteiger partial charge on any atom is 0.322 e. The first kappa shape index (κ1) is 18.6. The molecular weight excluding hydrogens is 354 g/mol. The van der Waals surface area contributed by atoms with Gasteiger partial charge >= 0.3 is 6.03 Å². The first-order chi connectivity index (χ1) is 13.0. The van der Waals surface area contributed by atoms with Crippen molar-refractivity contribution in [2.75, 3.05) is 45.2 Å². The summed E-state index contributed by atoms with van der Waals surface area (Å²) in [5.74, 6) is -0.583. The highest BCUT2D eigenvalue weighted by Gasteiger charge is 2.33.